The molecule has 0 N–H and O–H groups in total. The van der Waals surface area contributed by atoms with Crippen LogP contribution < -0.4 is 37.7 Å². The topological polar surface area (TPSA) is 3.24 Å². The second-order valence-corrected chi connectivity index (χ2v) is 11.2. The molecule has 0 atom stereocenters. The molecule has 182 valence electrons. The van der Waals surface area contributed by atoms with Gasteiger partial charge < -0.3 is 4.90 Å². The second-order valence-electron chi connectivity index (χ2n) is 11.2. The maximum atomic E-state index is 2.56. The minimum absolute atomic E-state index is 0.196. The molecule has 5 aromatic rings. The van der Waals surface area contributed by atoms with E-state index in [1.807, 2.05) is 0 Å². The van der Waals surface area contributed by atoms with Crippen LogP contribution in [0.4, 0.5) is 17.1 Å². The Morgan fingerprint density at radius 1 is 0.447 bits per heavy atom. The number of para-hydroxylation sites is 2. The molecular formula is C35H31B2N. The van der Waals surface area contributed by atoms with Crippen LogP contribution in [-0.2, 0) is 0 Å². The predicted octanol–water partition coefficient (Wildman–Crippen LogP) is 4.36. The fraction of sp³-hybridized carbons (Fsp3) is 0.143. The van der Waals surface area contributed by atoms with Gasteiger partial charge >= 0.3 is 0 Å². The van der Waals surface area contributed by atoms with Gasteiger partial charge in [0, 0.05) is 17.1 Å². The SMILES string of the molecule is Cc1cc2c3c(c1)B(c1c(C)cccc1C)c1ccccc1N3c1ccccc1B2c1c(C)cccc1C. The fourth-order valence-electron chi connectivity index (χ4n) is 7.30. The van der Waals surface area contributed by atoms with Gasteiger partial charge in [0.2, 0.25) is 13.4 Å². The Morgan fingerprint density at radius 2 is 0.842 bits per heavy atom. The molecule has 0 saturated carbocycles. The van der Waals surface area contributed by atoms with Crippen LogP contribution in [0.25, 0.3) is 0 Å². The van der Waals surface area contributed by atoms with Crippen molar-refractivity contribution >= 4 is 63.3 Å². The Balaban J connectivity index is 1.63. The first-order valence-electron chi connectivity index (χ1n) is 13.7. The van der Waals surface area contributed by atoms with Gasteiger partial charge in [0.1, 0.15) is 0 Å². The van der Waals surface area contributed by atoms with Gasteiger partial charge in [-0.3, -0.25) is 0 Å². The first-order valence-corrected chi connectivity index (χ1v) is 13.7. The molecule has 0 unspecified atom stereocenters. The third-order valence-electron chi connectivity index (χ3n) is 8.80. The molecule has 0 amide bonds. The van der Waals surface area contributed by atoms with Crippen molar-refractivity contribution < 1.29 is 0 Å². The van der Waals surface area contributed by atoms with Crippen LogP contribution in [0.5, 0.6) is 0 Å². The van der Waals surface area contributed by atoms with Gasteiger partial charge in [-0.05, 0) is 68.6 Å². The van der Waals surface area contributed by atoms with Crippen LogP contribution in [0, 0.1) is 34.6 Å². The molecule has 2 heterocycles. The molecule has 0 saturated heterocycles. The maximum Gasteiger partial charge on any atom is 0.247 e. The number of anilines is 3. The summed E-state index contributed by atoms with van der Waals surface area (Å²) in [5.41, 5.74) is 19.2. The van der Waals surface area contributed by atoms with Crippen molar-refractivity contribution in [2.24, 2.45) is 0 Å². The lowest BCUT2D eigenvalue weighted by molar-refractivity contribution is 1.29. The zero-order chi connectivity index (χ0) is 26.1. The molecule has 0 aromatic heterocycles. The standard InChI is InChI=1S/C35H31B2N/c1-22-20-29-35-30(21-22)37(34-25(4)14-11-15-26(34)5)28-17-7-9-19-32(28)38(35)31-18-8-6-16-27(31)36(29)33-23(2)12-10-13-24(33)3/h6-21H,1-5H3. The quantitative estimate of drug-likeness (QED) is 0.328. The van der Waals surface area contributed by atoms with E-state index >= 15 is 0 Å². The molecule has 1 nitrogen and oxygen atoms in total. The minimum atomic E-state index is 0.196. The van der Waals surface area contributed by atoms with Crippen LogP contribution in [0.3, 0.4) is 0 Å². The number of aryl methyl sites for hydroxylation is 5. The summed E-state index contributed by atoms with van der Waals surface area (Å²) >= 11 is 0. The lowest BCUT2D eigenvalue weighted by Crippen LogP contribution is -2.66. The van der Waals surface area contributed by atoms with E-state index in [1.54, 1.807) is 0 Å². The van der Waals surface area contributed by atoms with Gasteiger partial charge in [0.25, 0.3) is 0 Å². The summed E-state index contributed by atoms with van der Waals surface area (Å²) in [6.07, 6.45) is 0. The lowest BCUT2D eigenvalue weighted by Gasteiger charge is -2.44. The van der Waals surface area contributed by atoms with Crippen LogP contribution in [0.1, 0.15) is 27.8 Å². The zero-order valence-corrected chi connectivity index (χ0v) is 22.8. The van der Waals surface area contributed by atoms with E-state index in [-0.39, 0.29) is 13.4 Å². The van der Waals surface area contributed by atoms with Crippen molar-refractivity contribution in [1.29, 1.82) is 0 Å². The highest BCUT2D eigenvalue weighted by molar-refractivity contribution is 7.02. The van der Waals surface area contributed by atoms with Crippen LogP contribution in [-0.4, -0.2) is 13.4 Å². The predicted molar refractivity (Wildman–Crippen MR) is 167 cm³/mol. The van der Waals surface area contributed by atoms with E-state index in [4.69, 9.17) is 0 Å². The minimum Gasteiger partial charge on any atom is -0.313 e. The van der Waals surface area contributed by atoms with E-state index in [0.717, 1.165) is 0 Å². The van der Waals surface area contributed by atoms with Crippen molar-refractivity contribution in [3.63, 3.8) is 0 Å². The molecule has 2 aliphatic rings. The summed E-state index contributed by atoms with van der Waals surface area (Å²) < 4.78 is 0. The van der Waals surface area contributed by atoms with Gasteiger partial charge in [-0.15, -0.1) is 0 Å². The summed E-state index contributed by atoms with van der Waals surface area (Å²) in [6, 6.07) is 36.5. The van der Waals surface area contributed by atoms with E-state index in [1.165, 1.54) is 77.7 Å². The van der Waals surface area contributed by atoms with Crippen LogP contribution >= 0.6 is 0 Å². The number of benzene rings is 5. The summed E-state index contributed by atoms with van der Waals surface area (Å²) in [5, 5.41) is 0. The average Bonchev–Trinajstić information content (AvgIpc) is 2.90. The Labute approximate surface area is 227 Å². The number of rotatable bonds is 2. The van der Waals surface area contributed by atoms with E-state index < -0.39 is 0 Å². The zero-order valence-electron chi connectivity index (χ0n) is 22.8. The van der Waals surface area contributed by atoms with E-state index in [2.05, 4.69) is 137 Å². The summed E-state index contributed by atoms with van der Waals surface area (Å²) in [7, 11) is 0. The molecule has 7 rings (SSSR count). The molecule has 0 aliphatic carbocycles. The van der Waals surface area contributed by atoms with Crippen molar-refractivity contribution in [3.8, 4) is 0 Å². The highest BCUT2D eigenvalue weighted by atomic mass is 15.2. The maximum absolute atomic E-state index is 2.56. The third kappa shape index (κ3) is 3.21. The third-order valence-corrected chi connectivity index (χ3v) is 8.80. The van der Waals surface area contributed by atoms with Gasteiger partial charge in [0.05, 0.1) is 0 Å². The molecule has 0 radical (unpaired) electrons. The first-order chi connectivity index (χ1) is 18.5. The van der Waals surface area contributed by atoms with Crippen LogP contribution in [0.2, 0.25) is 0 Å². The Bertz CT molecular complexity index is 1590. The van der Waals surface area contributed by atoms with Gasteiger partial charge in [-0.25, -0.2) is 0 Å². The molecule has 0 spiro atoms. The highest BCUT2D eigenvalue weighted by Crippen LogP contribution is 2.37. The number of nitrogens with zero attached hydrogens (tertiary/aromatic N) is 1. The normalized spacial score (nSPS) is 13.2. The summed E-state index contributed by atoms with van der Waals surface area (Å²) in [5.74, 6) is 0. The highest BCUT2D eigenvalue weighted by Gasteiger charge is 2.44. The van der Waals surface area contributed by atoms with Gasteiger partial charge in [-0.2, -0.15) is 0 Å². The van der Waals surface area contributed by atoms with E-state index in [0.29, 0.717) is 0 Å². The average molecular weight is 487 g/mol. The number of hydrogen-bond donors (Lipinski definition) is 0. The summed E-state index contributed by atoms with van der Waals surface area (Å²) in [6.45, 7) is 11.7. The molecule has 3 heteroatoms. The lowest BCUT2D eigenvalue weighted by atomic mass is 9.29. The van der Waals surface area contributed by atoms with Crippen molar-refractivity contribution in [2.45, 2.75) is 34.6 Å². The molecule has 5 aromatic carbocycles. The molecule has 2 aliphatic heterocycles. The van der Waals surface area contributed by atoms with Crippen LogP contribution in [0.15, 0.2) is 97.1 Å². The molecule has 0 bridgehead atoms. The van der Waals surface area contributed by atoms with Crippen molar-refractivity contribution in [2.75, 3.05) is 4.90 Å². The number of fused-ring (bicyclic) bond motifs is 4. The number of hydrogen-bond acceptors (Lipinski definition) is 1. The Morgan fingerprint density at radius 3 is 1.26 bits per heavy atom. The molecular weight excluding hydrogens is 456 g/mol. The molecule has 38 heavy (non-hydrogen) atoms. The monoisotopic (exact) mass is 487 g/mol. The largest absolute Gasteiger partial charge is 0.313 e. The fourth-order valence-corrected chi connectivity index (χ4v) is 7.30. The Kier molecular flexibility index (Phi) is 5.20. The summed E-state index contributed by atoms with van der Waals surface area (Å²) in [4.78, 5) is 2.56. The van der Waals surface area contributed by atoms with Crippen molar-refractivity contribution in [3.05, 3.63) is 125 Å². The second kappa shape index (κ2) is 8.53. The van der Waals surface area contributed by atoms with Gasteiger partial charge in [0.15, 0.2) is 0 Å². The Hall–Kier alpha value is -3.97. The van der Waals surface area contributed by atoms with Crippen molar-refractivity contribution in [1.82, 2.24) is 0 Å². The first kappa shape index (κ1) is 23.2. The smallest absolute Gasteiger partial charge is 0.247 e. The van der Waals surface area contributed by atoms with E-state index in [9.17, 15) is 0 Å². The van der Waals surface area contributed by atoms with Gasteiger partial charge in [-0.1, -0.05) is 124 Å². The molecule has 0 fully saturated rings.